The zero-order valence-electron chi connectivity index (χ0n) is 8.98. The van der Waals surface area contributed by atoms with E-state index in [9.17, 15) is 4.79 Å². The Balaban J connectivity index is 2.90. The van der Waals surface area contributed by atoms with Gasteiger partial charge >= 0.3 is 5.97 Å². The number of esters is 1. The molecule has 0 aliphatic carbocycles. The fourth-order valence-corrected chi connectivity index (χ4v) is 1.15. The third kappa shape index (κ3) is 2.80. The maximum absolute atomic E-state index is 11.1. The minimum absolute atomic E-state index is 0.345. The minimum Gasteiger partial charge on any atom is -0.465 e. The van der Waals surface area contributed by atoms with Crippen molar-refractivity contribution in [2.24, 2.45) is 5.16 Å². The van der Waals surface area contributed by atoms with Crippen LogP contribution >= 0.6 is 0 Å². The van der Waals surface area contributed by atoms with Crippen molar-refractivity contribution in [3.8, 4) is 0 Å². The van der Waals surface area contributed by atoms with Crippen molar-refractivity contribution < 1.29 is 14.4 Å². The summed E-state index contributed by atoms with van der Waals surface area (Å²) in [5.41, 5.74) is 2.19. The van der Waals surface area contributed by atoms with Gasteiger partial charge in [-0.1, -0.05) is 17.3 Å². The van der Waals surface area contributed by atoms with Crippen molar-refractivity contribution in [3.63, 3.8) is 0 Å². The van der Waals surface area contributed by atoms with E-state index in [1.807, 2.05) is 6.92 Å². The number of nitrogens with zero attached hydrogens (tertiary/aromatic N) is 1. The normalized spacial score (nSPS) is 11.0. The van der Waals surface area contributed by atoms with Gasteiger partial charge in [-0.25, -0.2) is 4.79 Å². The van der Waals surface area contributed by atoms with Gasteiger partial charge in [-0.05, 0) is 24.6 Å². The maximum Gasteiger partial charge on any atom is 0.337 e. The van der Waals surface area contributed by atoms with Crippen LogP contribution in [0.25, 0.3) is 0 Å². The molecule has 0 fully saturated rings. The van der Waals surface area contributed by atoms with E-state index in [2.05, 4.69) is 14.7 Å². The van der Waals surface area contributed by atoms with E-state index in [-0.39, 0.29) is 5.97 Å². The average molecular weight is 207 g/mol. The highest BCUT2D eigenvalue weighted by molar-refractivity contribution is 5.99. The largest absolute Gasteiger partial charge is 0.465 e. The molecule has 0 aliphatic rings. The third-order valence-electron chi connectivity index (χ3n) is 1.95. The lowest BCUT2D eigenvalue weighted by Crippen LogP contribution is -2.02. The predicted molar refractivity (Wildman–Crippen MR) is 57.0 cm³/mol. The summed E-state index contributed by atoms with van der Waals surface area (Å²) >= 11 is 0. The Morgan fingerprint density at radius 1 is 1.13 bits per heavy atom. The van der Waals surface area contributed by atoms with Crippen LogP contribution in [-0.2, 0) is 9.57 Å². The van der Waals surface area contributed by atoms with Gasteiger partial charge in [0.15, 0.2) is 0 Å². The summed E-state index contributed by atoms with van der Waals surface area (Å²) in [6.07, 6.45) is 0. The SMILES string of the molecule is CO/N=C(\C)c1ccc(C(=O)OC)cc1. The molecule has 0 amide bonds. The first kappa shape index (κ1) is 11.2. The fraction of sp³-hybridized carbons (Fsp3) is 0.273. The number of carbonyl (C=O) groups is 1. The number of hydrogen-bond acceptors (Lipinski definition) is 4. The van der Waals surface area contributed by atoms with Crippen LogP contribution in [0.1, 0.15) is 22.8 Å². The summed E-state index contributed by atoms with van der Waals surface area (Å²) in [6.45, 7) is 1.83. The number of methoxy groups -OCH3 is 1. The molecule has 15 heavy (non-hydrogen) atoms. The van der Waals surface area contributed by atoms with Gasteiger partial charge in [0, 0.05) is 0 Å². The minimum atomic E-state index is -0.345. The predicted octanol–water partition coefficient (Wildman–Crippen LogP) is 1.84. The molecule has 80 valence electrons. The number of carbonyl (C=O) groups excluding carboxylic acids is 1. The van der Waals surface area contributed by atoms with Crippen LogP contribution < -0.4 is 0 Å². The number of oxime groups is 1. The van der Waals surface area contributed by atoms with Gasteiger partial charge in [0.25, 0.3) is 0 Å². The fourth-order valence-electron chi connectivity index (χ4n) is 1.15. The number of rotatable bonds is 3. The zero-order chi connectivity index (χ0) is 11.3. The molecule has 4 heteroatoms. The second-order valence-corrected chi connectivity index (χ2v) is 2.93. The van der Waals surface area contributed by atoms with Crippen molar-refractivity contribution in [1.29, 1.82) is 0 Å². The molecule has 0 radical (unpaired) electrons. The average Bonchev–Trinajstić information content (AvgIpc) is 2.28. The molecule has 1 aromatic carbocycles. The van der Waals surface area contributed by atoms with Gasteiger partial charge < -0.3 is 9.57 Å². The van der Waals surface area contributed by atoms with E-state index in [0.717, 1.165) is 11.3 Å². The first-order chi connectivity index (χ1) is 7.19. The van der Waals surface area contributed by atoms with Gasteiger partial charge in [0.1, 0.15) is 7.11 Å². The van der Waals surface area contributed by atoms with Crippen molar-refractivity contribution in [2.75, 3.05) is 14.2 Å². The lowest BCUT2D eigenvalue weighted by molar-refractivity contribution is 0.0601. The quantitative estimate of drug-likeness (QED) is 0.431. The summed E-state index contributed by atoms with van der Waals surface area (Å²) in [5, 5.41) is 3.79. The van der Waals surface area contributed by atoms with Crippen LogP contribution in [0, 0.1) is 0 Å². The molecule has 0 unspecified atom stereocenters. The highest BCUT2D eigenvalue weighted by Gasteiger charge is 2.05. The van der Waals surface area contributed by atoms with E-state index < -0.39 is 0 Å². The summed E-state index contributed by atoms with van der Waals surface area (Å²) < 4.78 is 4.59. The smallest absolute Gasteiger partial charge is 0.337 e. The molecule has 0 saturated heterocycles. The molecule has 0 aliphatic heterocycles. The second-order valence-electron chi connectivity index (χ2n) is 2.93. The molecule has 0 N–H and O–H groups in total. The molecule has 0 spiro atoms. The lowest BCUT2D eigenvalue weighted by Gasteiger charge is -2.01. The van der Waals surface area contributed by atoms with Gasteiger partial charge in [0.2, 0.25) is 0 Å². The van der Waals surface area contributed by atoms with Crippen LogP contribution in [0.5, 0.6) is 0 Å². The van der Waals surface area contributed by atoms with E-state index in [1.54, 1.807) is 24.3 Å². The standard InChI is InChI=1S/C11H13NO3/c1-8(12-15-3)9-4-6-10(7-5-9)11(13)14-2/h4-7H,1-3H3/b12-8+. The molecule has 0 atom stereocenters. The van der Waals surface area contributed by atoms with Crippen LogP contribution in [0.15, 0.2) is 29.4 Å². The number of benzene rings is 1. The Morgan fingerprint density at radius 3 is 2.13 bits per heavy atom. The maximum atomic E-state index is 11.1. The summed E-state index contributed by atoms with van der Waals surface area (Å²) in [5.74, 6) is -0.345. The highest BCUT2D eigenvalue weighted by atomic mass is 16.6. The van der Waals surface area contributed by atoms with Crippen LogP contribution in [-0.4, -0.2) is 25.9 Å². The van der Waals surface area contributed by atoms with E-state index >= 15 is 0 Å². The van der Waals surface area contributed by atoms with Crippen molar-refractivity contribution in [2.45, 2.75) is 6.92 Å². The third-order valence-corrected chi connectivity index (χ3v) is 1.95. The van der Waals surface area contributed by atoms with Crippen molar-refractivity contribution in [3.05, 3.63) is 35.4 Å². The molecule has 0 bridgehead atoms. The summed E-state index contributed by atoms with van der Waals surface area (Å²) in [6, 6.07) is 6.97. The Bertz CT molecular complexity index is 368. The van der Waals surface area contributed by atoms with Crippen LogP contribution in [0.2, 0.25) is 0 Å². The Hall–Kier alpha value is -1.84. The lowest BCUT2D eigenvalue weighted by atomic mass is 10.1. The molecule has 4 nitrogen and oxygen atoms in total. The van der Waals surface area contributed by atoms with Gasteiger partial charge in [0.05, 0.1) is 18.4 Å². The van der Waals surface area contributed by atoms with E-state index in [0.29, 0.717) is 5.56 Å². The van der Waals surface area contributed by atoms with Gasteiger partial charge in [-0.3, -0.25) is 0 Å². The molecular weight excluding hydrogens is 194 g/mol. The molecule has 1 rings (SSSR count). The number of hydrogen-bond donors (Lipinski definition) is 0. The molecule has 1 aromatic rings. The summed E-state index contributed by atoms with van der Waals surface area (Å²) in [4.78, 5) is 15.8. The first-order valence-corrected chi connectivity index (χ1v) is 4.45. The Kier molecular flexibility index (Phi) is 3.85. The van der Waals surface area contributed by atoms with Crippen LogP contribution in [0.3, 0.4) is 0 Å². The van der Waals surface area contributed by atoms with Crippen molar-refractivity contribution in [1.82, 2.24) is 0 Å². The zero-order valence-corrected chi connectivity index (χ0v) is 8.98. The van der Waals surface area contributed by atoms with E-state index in [1.165, 1.54) is 14.2 Å². The van der Waals surface area contributed by atoms with E-state index in [4.69, 9.17) is 0 Å². The Labute approximate surface area is 88.5 Å². The Morgan fingerprint density at radius 2 is 1.67 bits per heavy atom. The molecule has 0 aromatic heterocycles. The first-order valence-electron chi connectivity index (χ1n) is 4.45. The second kappa shape index (κ2) is 5.14. The van der Waals surface area contributed by atoms with Crippen molar-refractivity contribution >= 4 is 11.7 Å². The topological polar surface area (TPSA) is 47.9 Å². The van der Waals surface area contributed by atoms with Gasteiger partial charge in [-0.2, -0.15) is 0 Å². The molecule has 0 saturated carbocycles. The molecular formula is C11H13NO3. The molecule has 0 heterocycles. The van der Waals surface area contributed by atoms with Crippen LogP contribution in [0.4, 0.5) is 0 Å². The number of ether oxygens (including phenoxy) is 1. The monoisotopic (exact) mass is 207 g/mol. The summed E-state index contributed by atoms with van der Waals surface area (Å²) in [7, 11) is 2.85. The van der Waals surface area contributed by atoms with Gasteiger partial charge in [-0.15, -0.1) is 0 Å². The highest BCUT2D eigenvalue weighted by Crippen LogP contribution is 2.07.